The average Bonchev–Trinajstić information content (AvgIpc) is 1.80. The summed E-state index contributed by atoms with van der Waals surface area (Å²) in [6.07, 6.45) is 5.95. The second kappa shape index (κ2) is 2.13. The van der Waals surface area contributed by atoms with Crippen LogP contribution in [0.4, 0.5) is 0 Å². The summed E-state index contributed by atoms with van der Waals surface area (Å²) in [5.41, 5.74) is 6.35. The topological polar surface area (TPSA) is 29.3 Å². The molecule has 0 spiro atoms. The number of rotatable bonds is 0. The molecule has 0 amide bonds. The lowest BCUT2D eigenvalue weighted by atomic mass is 10.2. The van der Waals surface area contributed by atoms with Gasteiger partial charge < -0.3 is 10.6 Å². The van der Waals surface area contributed by atoms with Crippen LogP contribution >= 0.6 is 0 Å². The van der Waals surface area contributed by atoms with Crippen LogP contribution in [0, 0.1) is 0 Å². The fourth-order valence-corrected chi connectivity index (χ4v) is 0.782. The van der Waals surface area contributed by atoms with Crippen LogP contribution in [0.5, 0.6) is 0 Å². The Hall–Kier alpha value is -0.920. The van der Waals surface area contributed by atoms with Gasteiger partial charge in [0.2, 0.25) is 0 Å². The van der Waals surface area contributed by atoms with Crippen LogP contribution in [0.25, 0.3) is 0 Å². The van der Waals surface area contributed by atoms with E-state index in [-0.39, 0.29) is 0 Å². The highest BCUT2D eigenvalue weighted by molar-refractivity contribution is 5.20. The molecule has 0 aromatic rings. The molecule has 9 heavy (non-hydrogen) atoms. The summed E-state index contributed by atoms with van der Waals surface area (Å²) in [6.45, 7) is 2.12. The lowest BCUT2D eigenvalue weighted by Gasteiger charge is -2.23. The molecule has 0 saturated carbocycles. The summed E-state index contributed by atoms with van der Waals surface area (Å²) in [7, 11) is 2.01. The minimum absolute atomic E-state index is 0.484. The molecule has 0 bridgehead atoms. The highest BCUT2D eigenvalue weighted by Crippen LogP contribution is 2.06. The summed E-state index contributed by atoms with van der Waals surface area (Å²) >= 11 is 0. The van der Waals surface area contributed by atoms with Crippen LogP contribution in [0.15, 0.2) is 24.0 Å². The Balaban J connectivity index is 2.70. The third-order valence-electron chi connectivity index (χ3n) is 1.56. The first-order valence-corrected chi connectivity index (χ1v) is 3.07. The molecule has 1 aliphatic heterocycles. The molecule has 1 atom stereocenters. The minimum Gasteiger partial charge on any atom is -0.398 e. The van der Waals surface area contributed by atoms with Gasteiger partial charge in [-0.3, -0.25) is 0 Å². The Labute approximate surface area is 55.6 Å². The van der Waals surface area contributed by atoms with Gasteiger partial charge in [0.1, 0.15) is 0 Å². The Morgan fingerprint density at radius 3 is 2.78 bits per heavy atom. The second-order valence-corrected chi connectivity index (χ2v) is 2.39. The molecule has 0 aromatic carbocycles. The van der Waals surface area contributed by atoms with E-state index in [1.54, 1.807) is 0 Å². The Bertz CT molecular complexity index is 158. The average molecular weight is 124 g/mol. The molecule has 1 unspecified atom stereocenters. The molecule has 2 N–H and O–H groups in total. The Morgan fingerprint density at radius 1 is 1.67 bits per heavy atom. The standard InChI is InChI=1S/C7H12N2/c1-6-3-4-7(8)5-9(6)2/h3-6H,8H2,1-2H3. The van der Waals surface area contributed by atoms with E-state index in [1.807, 2.05) is 19.3 Å². The first-order valence-electron chi connectivity index (χ1n) is 3.07. The normalized spacial score (nSPS) is 26.2. The number of nitrogens with two attached hydrogens (primary N) is 1. The molecule has 50 valence electrons. The first-order chi connectivity index (χ1) is 4.20. The van der Waals surface area contributed by atoms with Crippen LogP contribution in [-0.2, 0) is 0 Å². The molecule has 1 heterocycles. The zero-order valence-electron chi connectivity index (χ0n) is 5.83. The maximum Gasteiger partial charge on any atom is 0.0473 e. The Morgan fingerprint density at radius 2 is 2.33 bits per heavy atom. The van der Waals surface area contributed by atoms with Gasteiger partial charge in [0.05, 0.1) is 0 Å². The van der Waals surface area contributed by atoms with Crippen LogP contribution in [-0.4, -0.2) is 18.0 Å². The van der Waals surface area contributed by atoms with E-state index < -0.39 is 0 Å². The third kappa shape index (κ3) is 1.25. The van der Waals surface area contributed by atoms with Gasteiger partial charge >= 0.3 is 0 Å². The van der Waals surface area contributed by atoms with E-state index in [0.717, 1.165) is 5.70 Å². The number of allylic oxidation sites excluding steroid dienone is 1. The van der Waals surface area contributed by atoms with Gasteiger partial charge in [-0.1, -0.05) is 6.08 Å². The molecule has 1 aliphatic rings. The number of hydrogen-bond donors (Lipinski definition) is 1. The summed E-state index contributed by atoms with van der Waals surface area (Å²) in [5, 5.41) is 0. The van der Waals surface area contributed by atoms with Crippen LogP contribution in [0.1, 0.15) is 6.92 Å². The number of likely N-dealkylation sites (N-methyl/N-ethyl adjacent to an activating group) is 1. The van der Waals surface area contributed by atoms with Gasteiger partial charge in [-0.15, -0.1) is 0 Å². The molecule has 0 aromatic heterocycles. The molecule has 0 fully saturated rings. The van der Waals surface area contributed by atoms with Crippen molar-refractivity contribution in [3.8, 4) is 0 Å². The maximum atomic E-state index is 5.52. The van der Waals surface area contributed by atoms with Gasteiger partial charge in [-0.25, -0.2) is 0 Å². The summed E-state index contributed by atoms with van der Waals surface area (Å²) in [6, 6.07) is 0.484. The molecule has 0 aliphatic carbocycles. The van der Waals surface area contributed by atoms with Crippen LogP contribution in [0.3, 0.4) is 0 Å². The lowest BCUT2D eigenvalue weighted by Crippen LogP contribution is -2.25. The SMILES string of the molecule is CC1C=CC(N)=CN1C. The van der Waals surface area contributed by atoms with Crippen molar-refractivity contribution < 1.29 is 0 Å². The van der Waals surface area contributed by atoms with E-state index in [0.29, 0.717) is 6.04 Å². The van der Waals surface area contributed by atoms with Crippen LogP contribution < -0.4 is 5.73 Å². The van der Waals surface area contributed by atoms with Crippen molar-refractivity contribution in [1.29, 1.82) is 0 Å². The molecule has 1 rings (SSSR count). The van der Waals surface area contributed by atoms with Gasteiger partial charge in [0.15, 0.2) is 0 Å². The van der Waals surface area contributed by atoms with E-state index in [9.17, 15) is 0 Å². The van der Waals surface area contributed by atoms with Gasteiger partial charge in [-0.2, -0.15) is 0 Å². The molecule has 0 saturated heterocycles. The van der Waals surface area contributed by atoms with Gasteiger partial charge in [0.25, 0.3) is 0 Å². The molecular formula is C7H12N2. The van der Waals surface area contributed by atoms with Crippen molar-refractivity contribution in [2.45, 2.75) is 13.0 Å². The van der Waals surface area contributed by atoms with Crippen LogP contribution in [0.2, 0.25) is 0 Å². The first kappa shape index (κ1) is 6.20. The molecule has 0 radical (unpaired) electrons. The van der Waals surface area contributed by atoms with Crippen molar-refractivity contribution in [1.82, 2.24) is 4.90 Å². The van der Waals surface area contributed by atoms with Crippen molar-refractivity contribution >= 4 is 0 Å². The van der Waals surface area contributed by atoms with Crippen molar-refractivity contribution in [2.75, 3.05) is 7.05 Å². The molecule has 2 nitrogen and oxygen atoms in total. The van der Waals surface area contributed by atoms with Gasteiger partial charge in [-0.05, 0) is 13.0 Å². The number of hydrogen-bond acceptors (Lipinski definition) is 2. The summed E-state index contributed by atoms with van der Waals surface area (Å²) in [5.74, 6) is 0. The van der Waals surface area contributed by atoms with E-state index >= 15 is 0 Å². The van der Waals surface area contributed by atoms with Gasteiger partial charge in [0, 0.05) is 25.0 Å². The van der Waals surface area contributed by atoms with E-state index in [4.69, 9.17) is 5.73 Å². The monoisotopic (exact) mass is 124 g/mol. The Kier molecular flexibility index (Phi) is 1.47. The fraction of sp³-hybridized carbons (Fsp3) is 0.429. The zero-order chi connectivity index (χ0) is 6.85. The maximum absolute atomic E-state index is 5.52. The molecule has 2 heteroatoms. The lowest BCUT2D eigenvalue weighted by molar-refractivity contribution is 0.399. The largest absolute Gasteiger partial charge is 0.398 e. The number of nitrogens with zero attached hydrogens (tertiary/aromatic N) is 1. The second-order valence-electron chi connectivity index (χ2n) is 2.39. The quantitative estimate of drug-likeness (QED) is 0.514. The zero-order valence-corrected chi connectivity index (χ0v) is 5.83. The fourth-order valence-electron chi connectivity index (χ4n) is 0.782. The van der Waals surface area contributed by atoms with E-state index in [2.05, 4.69) is 17.9 Å². The smallest absolute Gasteiger partial charge is 0.0473 e. The van der Waals surface area contributed by atoms with Crippen molar-refractivity contribution in [3.63, 3.8) is 0 Å². The minimum atomic E-state index is 0.484. The van der Waals surface area contributed by atoms with E-state index in [1.165, 1.54) is 0 Å². The highest BCUT2D eigenvalue weighted by atomic mass is 15.1. The predicted molar refractivity (Wildman–Crippen MR) is 38.6 cm³/mol. The summed E-state index contributed by atoms with van der Waals surface area (Å²) < 4.78 is 0. The third-order valence-corrected chi connectivity index (χ3v) is 1.56. The highest BCUT2D eigenvalue weighted by Gasteiger charge is 2.04. The summed E-state index contributed by atoms with van der Waals surface area (Å²) in [4.78, 5) is 2.08. The molecular weight excluding hydrogens is 112 g/mol. The predicted octanol–water partition coefficient (Wildman–Crippen LogP) is 0.677. The van der Waals surface area contributed by atoms with Crippen molar-refractivity contribution in [3.05, 3.63) is 24.0 Å². The van der Waals surface area contributed by atoms with Crippen molar-refractivity contribution in [2.24, 2.45) is 5.73 Å².